The maximum atomic E-state index is 11.7. The van der Waals surface area contributed by atoms with Gasteiger partial charge in [-0.05, 0) is 19.8 Å². The van der Waals surface area contributed by atoms with Crippen LogP contribution < -0.4 is 5.11 Å². The Balaban J connectivity index is 4.35. The molecular weight excluding hydrogens is 274 g/mol. The highest BCUT2D eigenvalue weighted by Gasteiger charge is 2.23. The van der Waals surface area contributed by atoms with E-state index >= 15 is 0 Å². The van der Waals surface area contributed by atoms with Gasteiger partial charge in [0.1, 0.15) is 6.54 Å². The van der Waals surface area contributed by atoms with Gasteiger partial charge in [0, 0.05) is 12.4 Å². The van der Waals surface area contributed by atoms with Crippen LogP contribution in [-0.4, -0.2) is 61.4 Å². The number of quaternary nitrogens is 1. The predicted octanol–water partition coefficient (Wildman–Crippen LogP) is -0.148. The highest BCUT2D eigenvalue weighted by atomic mass is 16.5. The van der Waals surface area contributed by atoms with Crippen molar-refractivity contribution in [3.63, 3.8) is 0 Å². The second-order valence-electron chi connectivity index (χ2n) is 6.17. The van der Waals surface area contributed by atoms with Crippen molar-refractivity contribution in [1.29, 1.82) is 0 Å². The Hall–Kier alpha value is -1.40. The van der Waals surface area contributed by atoms with Crippen molar-refractivity contribution in [2.24, 2.45) is 0 Å². The molecule has 0 amide bonds. The molecule has 6 nitrogen and oxygen atoms in total. The number of aliphatic carboxylic acids is 1. The third-order valence-electron chi connectivity index (χ3n) is 2.75. The van der Waals surface area contributed by atoms with Gasteiger partial charge in [-0.1, -0.05) is 12.2 Å². The maximum Gasteiger partial charge on any atom is 0.308 e. The number of esters is 1. The molecule has 0 spiro atoms. The summed E-state index contributed by atoms with van der Waals surface area (Å²) in [6, 6.07) is 0. The van der Waals surface area contributed by atoms with Gasteiger partial charge in [-0.25, -0.2) is 0 Å². The molecule has 6 heteroatoms. The van der Waals surface area contributed by atoms with Crippen molar-refractivity contribution in [3.8, 4) is 0 Å². The van der Waals surface area contributed by atoms with E-state index in [9.17, 15) is 19.8 Å². The average Bonchev–Trinajstić information content (AvgIpc) is 2.25. The van der Waals surface area contributed by atoms with Gasteiger partial charge in [0.2, 0.25) is 0 Å². The Morgan fingerprint density at radius 1 is 1.29 bits per heavy atom. The van der Waals surface area contributed by atoms with Gasteiger partial charge in [-0.15, -0.1) is 0 Å². The number of nitrogens with zero attached hydrogens (tertiary/aromatic N) is 1. The molecule has 0 aromatic rings. The van der Waals surface area contributed by atoms with Crippen molar-refractivity contribution in [3.05, 3.63) is 12.2 Å². The summed E-state index contributed by atoms with van der Waals surface area (Å²) in [4.78, 5) is 22.5. The molecule has 0 saturated heterocycles. The number of aliphatic hydroxyl groups is 1. The highest BCUT2D eigenvalue weighted by Crippen LogP contribution is 2.09. The Kier molecular flexibility index (Phi) is 8.89. The third kappa shape index (κ3) is 12.1. The fourth-order valence-electron chi connectivity index (χ4n) is 1.92. The first-order chi connectivity index (χ1) is 9.64. The van der Waals surface area contributed by atoms with Crippen LogP contribution in [-0.2, 0) is 14.3 Å². The molecule has 122 valence electrons. The normalized spacial score (nSPS) is 14.9. The summed E-state index contributed by atoms with van der Waals surface area (Å²) in [6.07, 6.45) is 2.96. The number of likely N-dealkylation sites (N-methyl/N-ethyl adjacent to an activating group) is 1. The van der Waals surface area contributed by atoms with Crippen LogP contribution in [0.15, 0.2) is 12.2 Å². The summed E-state index contributed by atoms with van der Waals surface area (Å²) in [5.41, 5.74) is 0. The Labute approximate surface area is 126 Å². The van der Waals surface area contributed by atoms with Gasteiger partial charge < -0.3 is 24.2 Å². The van der Waals surface area contributed by atoms with E-state index in [4.69, 9.17) is 4.74 Å². The summed E-state index contributed by atoms with van der Waals surface area (Å²) in [7, 11) is 5.63. The van der Waals surface area contributed by atoms with Crippen LogP contribution in [0, 0.1) is 0 Å². The van der Waals surface area contributed by atoms with Gasteiger partial charge in [0.05, 0.1) is 33.7 Å². The lowest BCUT2D eigenvalue weighted by molar-refractivity contribution is -0.873. The third-order valence-corrected chi connectivity index (χ3v) is 2.75. The number of aliphatic hydroxyl groups excluding tert-OH is 1. The van der Waals surface area contributed by atoms with Gasteiger partial charge >= 0.3 is 5.97 Å². The Morgan fingerprint density at radius 3 is 2.38 bits per heavy atom. The van der Waals surface area contributed by atoms with E-state index in [1.54, 1.807) is 0 Å². The van der Waals surface area contributed by atoms with Crippen molar-refractivity contribution < 1.29 is 29.0 Å². The van der Waals surface area contributed by atoms with Crippen LogP contribution in [0.4, 0.5) is 0 Å². The number of rotatable bonds is 10. The fourth-order valence-corrected chi connectivity index (χ4v) is 1.92. The lowest BCUT2D eigenvalue weighted by Crippen LogP contribution is -2.45. The fraction of sp³-hybridized carbons (Fsp3) is 0.733. The molecule has 2 unspecified atom stereocenters. The second-order valence-corrected chi connectivity index (χ2v) is 6.17. The number of carbonyl (C=O) groups excluding carboxylic acids is 2. The van der Waals surface area contributed by atoms with Gasteiger partial charge in [-0.2, -0.15) is 0 Å². The van der Waals surface area contributed by atoms with E-state index in [2.05, 4.69) is 0 Å². The largest absolute Gasteiger partial charge is 0.550 e. The predicted molar refractivity (Wildman–Crippen MR) is 77.1 cm³/mol. The minimum absolute atomic E-state index is 0.127. The van der Waals surface area contributed by atoms with Crippen molar-refractivity contribution in [2.75, 3.05) is 27.7 Å². The first-order valence-electron chi connectivity index (χ1n) is 7.13. The standard InChI is InChI=1S/C15H27NO5/c1-5-6-7-8-12(17)9-15(20)21-13(10-14(18)19)11-16(2,3)4/h5-6,12-13,17H,7-11H2,1-4H3/b6-5+. The average molecular weight is 301 g/mol. The van der Waals surface area contributed by atoms with Crippen molar-refractivity contribution in [2.45, 2.75) is 44.8 Å². The molecule has 0 saturated carbocycles. The molecule has 0 heterocycles. The zero-order chi connectivity index (χ0) is 16.5. The molecule has 0 radical (unpaired) electrons. The van der Waals surface area contributed by atoms with E-state index in [0.29, 0.717) is 23.9 Å². The van der Waals surface area contributed by atoms with Crippen molar-refractivity contribution in [1.82, 2.24) is 0 Å². The summed E-state index contributed by atoms with van der Waals surface area (Å²) < 4.78 is 5.63. The quantitative estimate of drug-likeness (QED) is 0.344. The smallest absolute Gasteiger partial charge is 0.308 e. The lowest BCUT2D eigenvalue weighted by atomic mass is 10.1. The lowest BCUT2D eigenvalue weighted by Gasteiger charge is -2.29. The molecule has 0 bridgehead atoms. The summed E-state index contributed by atoms with van der Waals surface area (Å²) >= 11 is 0. The number of hydrogen-bond donors (Lipinski definition) is 1. The van der Waals surface area contributed by atoms with Crippen LogP contribution >= 0.6 is 0 Å². The molecule has 2 atom stereocenters. The number of ether oxygens (including phenoxy) is 1. The van der Waals surface area contributed by atoms with Crippen LogP contribution in [0.2, 0.25) is 0 Å². The van der Waals surface area contributed by atoms with Gasteiger partial charge in [0.15, 0.2) is 6.10 Å². The van der Waals surface area contributed by atoms with E-state index in [1.165, 1.54) is 0 Å². The minimum atomic E-state index is -1.25. The molecule has 0 fully saturated rings. The molecular formula is C15H27NO5. The monoisotopic (exact) mass is 301 g/mol. The van der Waals surface area contributed by atoms with E-state index < -0.39 is 24.1 Å². The highest BCUT2D eigenvalue weighted by molar-refractivity contribution is 5.71. The SMILES string of the molecule is C/C=C/CCC(O)CC(=O)OC(CC(=O)[O-])C[N+](C)(C)C. The molecule has 0 rings (SSSR count). The van der Waals surface area contributed by atoms with E-state index in [0.717, 1.165) is 0 Å². The summed E-state index contributed by atoms with van der Waals surface area (Å²) in [6.45, 7) is 2.25. The number of carbonyl (C=O) groups is 2. The molecule has 0 aliphatic carbocycles. The first kappa shape index (κ1) is 19.6. The second kappa shape index (κ2) is 9.52. The Morgan fingerprint density at radius 2 is 1.90 bits per heavy atom. The number of allylic oxidation sites excluding steroid dienone is 2. The van der Waals surface area contributed by atoms with Crippen LogP contribution in [0.25, 0.3) is 0 Å². The molecule has 1 N–H and O–H groups in total. The molecule has 0 aromatic heterocycles. The number of carboxylic acids is 1. The van der Waals surface area contributed by atoms with E-state index in [1.807, 2.05) is 40.2 Å². The molecule has 0 aliphatic heterocycles. The van der Waals surface area contributed by atoms with E-state index in [-0.39, 0.29) is 12.8 Å². The zero-order valence-corrected chi connectivity index (χ0v) is 13.4. The topological polar surface area (TPSA) is 86.7 Å². The molecule has 21 heavy (non-hydrogen) atoms. The van der Waals surface area contributed by atoms with Crippen LogP contribution in [0.5, 0.6) is 0 Å². The summed E-state index contributed by atoms with van der Waals surface area (Å²) in [5.74, 6) is -1.84. The Bertz CT molecular complexity index is 360. The van der Waals surface area contributed by atoms with Gasteiger partial charge in [0.25, 0.3) is 0 Å². The number of carboxylic acid groups (broad SMARTS) is 1. The molecule has 0 aliphatic rings. The number of hydrogen-bond acceptors (Lipinski definition) is 5. The zero-order valence-electron chi connectivity index (χ0n) is 13.4. The van der Waals surface area contributed by atoms with Crippen LogP contribution in [0.3, 0.4) is 0 Å². The summed E-state index contributed by atoms with van der Waals surface area (Å²) in [5, 5.41) is 20.4. The first-order valence-corrected chi connectivity index (χ1v) is 7.13. The molecule has 0 aromatic carbocycles. The maximum absolute atomic E-state index is 11.7. The van der Waals surface area contributed by atoms with Crippen LogP contribution in [0.1, 0.15) is 32.6 Å². The van der Waals surface area contributed by atoms with Gasteiger partial charge in [-0.3, -0.25) is 4.79 Å². The van der Waals surface area contributed by atoms with Crippen molar-refractivity contribution >= 4 is 11.9 Å². The minimum Gasteiger partial charge on any atom is -0.550 e.